The molecule has 0 fully saturated rings. The van der Waals surface area contributed by atoms with Gasteiger partial charge in [0.25, 0.3) is 0 Å². The highest BCUT2D eigenvalue weighted by Gasteiger charge is 2.21. The average Bonchev–Trinajstić information content (AvgIpc) is 3.12. The number of nitrogens with one attached hydrogen (secondary N) is 1. The molecule has 0 amide bonds. The van der Waals surface area contributed by atoms with Crippen LogP contribution in [0, 0.1) is 0 Å². The zero-order valence-electron chi connectivity index (χ0n) is 16.7. The van der Waals surface area contributed by atoms with E-state index in [2.05, 4.69) is 46.1 Å². The Labute approximate surface area is 162 Å². The second kappa shape index (κ2) is 8.44. The normalized spacial score (nSPS) is 19.6. The number of fused-ring (bicyclic) bond motifs is 2. The van der Waals surface area contributed by atoms with Crippen molar-refractivity contribution in [3.8, 4) is 5.75 Å². The Hall–Kier alpha value is -1.85. The fourth-order valence-electron chi connectivity index (χ4n) is 4.32. The third-order valence-corrected chi connectivity index (χ3v) is 5.97. The number of aromatic nitrogens is 2. The average molecular weight is 369 g/mol. The molecule has 1 atom stereocenters. The standard InChI is InChI=1S/C22H32N4O/c1-3-4-9-25-10-11-26-21(16-25)14-20(24-26)15-23-19-7-5-17-6-8-22(27-2)13-18(17)12-19/h6,8,13-14,19,23H,3-5,7,9-12,15-16H2,1-2H3. The van der Waals surface area contributed by atoms with Crippen LogP contribution in [0.5, 0.6) is 5.75 Å². The van der Waals surface area contributed by atoms with Crippen LogP contribution >= 0.6 is 0 Å². The van der Waals surface area contributed by atoms with Crippen LogP contribution in [0.3, 0.4) is 0 Å². The molecule has 0 saturated carbocycles. The zero-order chi connectivity index (χ0) is 18.6. The summed E-state index contributed by atoms with van der Waals surface area (Å²) in [6.07, 6.45) is 5.96. The molecule has 1 aliphatic carbocycles. The molecule has 0 spiro atoms. The molecule has 1 aliphatic heterocycles. The maximum absolute atomic E-state index is 5.39. The van der Waals surface area contributed by atoms with Crippen LogP contribution in [0.4, 0.5) is 0 Å². The van der Waals surface area contributed by atoms with E-state index in [0.29, 0.717) is 6.04 Å². The van der Waals surface area contributed by atoms with Crippen molar-refractivity contribution in [3.63, 3.8) is 0 Å². The summed E-state index contributed by atoms with van der Waals surface area (Å²) >= 11 is 0. The second-order valence-electron chi connectivity index (χ2n) is 7.94. The van der Waals surface area contributed by atoms with E-state index in [1.54, 1.807) is 7.11 Å². The van der Waals surface area contributed by atoms with E-state index >= 15 is 0 Å². The van der Waals surface area contributed by atoms with Crippen LogP contribution in [0.2, 0.25) is 0 Å². The molecule has 0 saturated heterocycles. The van der Waals surface area contributed by atoms with Crippen molar-refractivity contribution in [3.05, 3.63) is 46.8 Å². The molecule has 5 nitrogen and oxygen atoms in total. The minimum absolute atomic E-state index is 0.518. The number of ether oxygens (including phenoxy) is 1. The van der Waals surface area contributed by atoms with Crippen LogP contribution in [0.25, 0.3) is 0 Å². The van der Waals surface area contributed by atoms with E-state index < -0.39 is 0 Å². The summed E-state index contributed by atoms with van der Waals surface area (Å²) in [4.78, 5) is 2.56. The maximum Gasteiger partial charge on any atom is 0.119 e. The highest BCUT2D eigenvalue weighted by atomic mass is 16.5. The summed E-state index contributed by atoms with van der Waals surface area (Å²) in [6.45, 7) is 7.53. The summed E-state index contributed by atoms with van der Waals surface area (Å²) in [6, 6.07) is 9.31. The molecular weight excluding hydrogens is 336 g/mol. The summed E-state index contributed by atoms with van der Waals surface area (Å²) in [7, 11) is 1.74. The van der Waals surface area contributed by atoms with Crippen molar-refractivity contribution in [1.82, 2.24) is 20.0 Å². The first-order valence-corrected chi connectivity index (χ1v) is 10.4. The molecule has 1 unspecified atom stereocenters. The van der Waals surface area contributed by atoms with Gasteiger partial charge in [-0.25, -0.2) is 0 Å². The lowest BCUT2D eigenvalue weighted by Gasteiger charge is -2.27. The molecule has 1 N–H and O–H groups in total. The number of nitrogens with zero attached hydrogens (tertiary/aromatic N) is 3. The molecule has 1 aromatic heterocycles. The van der Waals surface area contributed by atoms with Crippen LogP contribution in [0.1, 0.15) is 48.7 Å². The highest BCUT2D eigenvalue weighted by Crippen LogP contribution is 2.26. The molecule has 27 heavy (non-hydrogen) atoms. The molecule has 146 valence electrons. The Balaban J connectivity index is 1.33. The van der Waals surface area contributed by atoms with Gasteiger partial charge in [0, 0.05) is 25.7 Å². The first-order chi connectivity index (χ1) is 13.2. The number of benzene rings is 1. The number of rotatable bonds is 7. The van der Waals surface area contributed by atoms with E-state index in [1.807, 2.05) is 0 Å². The Bertz CT molecular complexity index is 770. The van der Waals surface area contributed by atoms with Gasteiger partial charge in [0.15, 0.2) is 0 Å². The second-order valence-corrected chi connectivity index (χ2v) is 7.94. The smallest absolute Gasteiger partial charge is 0.119 e. The third-order valence-electron chi connectivity index (χ3n) is 5.97. The predicted molar refractivity (Wildman–Crippen MR) is 108 cm³/mol. The molecule has 1 aromatic carbocycles. The van der Waals surface area contributed by atoms with E-state index in [-0.39, 0.29) is 0 Å². The minimum atomic E-state index is 0.518. The maximum atomic E-state index is 5.39. The topological polar surface area (TPSA) is 42.3 Å². The van der Waals surface area contributed by atoms with Crippen LogP contribution < -0.4 is 10.1 Å². The molecule has 2 heterocycles. The molecule has 2 aliphatic rings. The van der Waals surface area contributed by atoms with Gasteiger partial charge in [-0.1, -0.05) is 19.4 Å². The van der Waals surface area contributed by atoms with Gasteiger partial charge in [0.1, 0.15) is 5.75 Å². The summed E-state index contributed by atoms with van der Waals surface area (Å²) in [5.74, 6) is 0.962. The Morgan fingerprint density at radius 2 is 2.15 bits per heavy atom. The largest absolute Gasteiger partial charge is 0.497 e. The van der Waals surface area contributed by atoms with Gasteiger partial charge < -0.3 is 10.1 Å². The van der Waals surface area contributed by atoms with E-state index in [1.165, 1.54) is 48.3 Å². The van der Waals surface area contributed by atoms with Crippen molar-refractivity contribution in [1.29, 1.82) is 0 Å². The highest BCUT2D eigenvalue weighted by molar-refractivity contribution is 5.37. The Kier molecular flexibility index (Phi) is 5.79. The minimum Gasteiger partial charge on any atom is -0.497 e. The van der Waals surface area contributed by atoms with Crippen molar-refractivity contribution >= 4 is 0 Å². The zero-order valence-corrected chi connectivity index (χ0v) is 16.7. The van der Waals surface area contributed by atoms with Crippen molar-refractivity contribution < 1.29 is 4.74 Å². The van der Waals surface area contributed by atoms with Crippen LogP contribution in [-0.2, 0) is 32.5 Å². The van der Waals surface area contributed by atoms with E-state index in [0.717, 1.165) is 44.8 Å². The molecule has 2 aromatic rings. The summed E-state index contributed by atoms with van der Waals surface area (Å²) in [5.41, 5.74) is 5.44. The van der Waals surface area contributed by atoms with Gasteiger partial charge in [-0.15, -0.1) is 0 Å². The fraction of sp³-hybridized carbons (Fsp3) is 0.591. The lowest BCUT2D eigenvalue weighted by Crippen LogP contribution is -2.34. The molecule has 5 heteroatoms. The number of hydrogen-bond donors (Lipinski definition) is 1. The number of hydrogen-bond acceptors (Lipinski definition) is 4. The van der Waals surface area contributed by atoms with Gasteiger partial charge in [-0.3, -0.25) is 9.58 Å². The monoisotopic (exact) mass is 368 g/mol. The quantitative estimate of drug-likeness (QED) is 0.815. The van der Waals surface area contributed by atoms with Gasteiger partial charge in [0.2, 0.25) is 0 Å². The SMILES string of the molecule is CCCCN1CCn2nc(CNC3CCc4ccc(OC)cc4C3)cc2C1. The fourth-order valence-corrected chi connectivity index (χ4v) is 4.32. The summed E-state index contributed by atoms with van der Waals surface area (Å²) < 4.78 is 7.60. The van der Waals surface area contributed by atoms with E-state index in [4.69, 9.17) is 9.84 Å². The van der Waals surface area contributed by atoms with Gasteiger partial charge in [-0.2, -0.15) is 5.10 Å². The predicted octanol–water partition coefficient (Wildman–Crippen LogP) is 3.15. The molecule has 4 rings (SSSR count). The van der Waals surface area contributed by atoms with Gasteiger partial charge in [-0.05, 0) is 61.6 Å². The third kappa shape index (κ3) is 4.36. The Morgan fingerprint density at radius 3 is 3.00 bits per heavy atom. The molecule has 0 radical (unpaired) electrons. The van der Waals surface area contributed by atoms with Crippen molar-refractivity contribution in [2.75, 3.05) is 20.2 Å². The number of unbranched alkanes of at least 4 members (excludes halogenated alkanes) is 1. The summed E-state index contributed by atoms with van der Waals surface area (Å²) in [5, 5.41) is 8.57. The number of methoxy groups -OCH3 is 1. The first-order valence-electron chi connectivity index (χ1n) is 10.4. The number of aryl methyl sites for hydroxylation is 1. The van der Waals surface area contributed by atoms with Crippen LogP contribution in [-0.4, -0.2) is 40.9 Å². The van der Waals surface area contributed by atoms with Crippen molar-refractivity contribution in [2.24, 2.45) is 0 Å². The van der Waals surface area contributed by atoms with Gasteiger partial charge >= 0.3 is 0 Å². The van der Waals surface area contributed by atoms with E-state index in [9.17, 15) is 0 Å². The van der Waals surface area contributed by atoms with Gasteiger partial charge in [0.05, 0.1) is 25.0 Å². The van der Waals surface area contributed by atoms with Crippen LogP contribution in [0.15, 0.2) is 24.3 Å². The lowest BCUT2D eigenvalue weighted by molar-refractivity contribution is 0.210. The van der Waals surface area contributed by atoms with Crippen molar-refractivity contribution in [2.45, 2.75) is 64.7 Å². The molecule has 0 bridgehead atoms. The lowest BCUT2D eigenvalue weighted by atomic mass is 9.88. The molecular formula is C22H32N4O. The first kappa shape index (κ1) is 18.5. The Morgan fingerprint density at radius 1 is 1.22 bits per heavy atom.